The van der Waals surface area contributed by atoms with Crippen molar-refractivity contribution in [3.63, 3.8) is 0 Å². The Hall–Kier alpha value is -5.36. The highest BCUT2D eigenvalue weighted by Crippen LogP contribution is 2.32. The molecule has 0 aliphatic carbocycles. The standard InChI is InChI=1S/C42H42F4N4O4/c1-27-7-6-8-31(38(27)43)17-20-36-47-39(52)34-9-4-5-10-35(34)50(36)26-37(51)49(33-21-23-48(24-22-33)41(2,3)40(53)54)25-28-11-13-29(14-12-28)30-15-18-32(19-16-30)42(44,45)46/h4-16,18-19,33H,17,20-26H2,1-3H3,(H,53,54). The molecule has 1 amide bonds. The molecule has 0 bridgehead atoms. The maximum atomic E-state index is 15.0. The molecule has 1 N–H and O–H groups in total. The number of rotatable bonds is 11. The van der Waals surface area contributed by atoms with Crippen molar-refractivity contribution in [1.29, 1.82) is 0 Å². The molecular formula is C42H42F4N4O4. The van der Waals surface area contributed by atoms with Crippen LogP contribution >= 0.6 is 0 Å². The number of amides is 1. The predicted octanol–water partition coefficient (Wildman–Crippen LogP) is 7.67. The monoisotopic (exact) mass is 742 g/mol. The fourth-order valence-electron chi connectivity index (χ4n) is 7.15. The molecule has 1 fully saturated rings. The van der Waals surface area contributed by atoms with Gasteiger partial charge in [0.15, 0.2) is 0 Å². The minimum absolute atomic E-state index is 0.149. The van der Waals surface area contributed by atoms with Crippen LogP contribution in [0, 0.1) is 12.7 Å². The number of fused-ring (bicyclic) bond motifs is 1. The van der Waals surface area contributed by atoms with E-state index in [0.29, 0.717) is 59.3 Å². The SMILES string of the molecule is Cc1cccc(CCc2nc(=O)c3ccccc3n2CC(=O)N(Cc2ccc(-c3ccc(C(F)(F)F)cc3)cc2)C2CCN(C(C)(C)C(=O)O)CC2)c1F. The molecule has 6 rings (SSSR count). The summed E-state index contributed by atoms with van der Waals surface area (Å²) in [4.78, 5) is 47.8. The second-order valence-electron chi connectivity index (χ2n) is 14.4. The number of para-hydroxylation sites is 1. The molecular weight excluding hydrogens is 700 g/mol. The lowest BCUT2D eigenvalue weighted by Crippen LogP contribution is -2.56. The van der Waals surface area contributed by atoms with E-state index in [0.717, 1.165) is 23.3 Å². The van der Waals surface area contributed by atoms with Crippen LogP contribution in [0.1, 0.15) is 54.8 Å². The number of likely N-dealkylation sites (tertiary alicyclic amines) is 1. The Labute approximate surface area is 310 Å². The molecule has 0 unspecified atom stereocenters. The number of nitrogens with zero attached hydrogens (tertiary/aromatic N) is 4. The Morgan fingerprint density at radius 1 is 0.870 bits per heavy atom. The molecule has 5 aromatic rings. The number of aromatic nitrogens is 2. The Balaban J connectivity index is 1.31. The van der Waals surface area contributed by atoms with Gasteiger partial charge < -0.3 is 14.6 Å². The molecule has 1 aliphatic heterocycles. The lowest BCUT2D eigenvalue weighted by molar-refractivity contribution is -0.151. The molecule has 12 heteroatoms. The van der Waals surface area contributed by atoms with Gasteiger partial charge in [0, 0.05) is 32.1 Å². The molecule has 282 valence electrons. The summed E-state index contributed by atoms with van der Waals surface area (Å²) in [5, 5.41) is 10.2. The van der Waals surface area contributed by atoms with Crippen LogP contribution in [0.4, 0.5) is 17.6 Å². The van der Waals surface area contributed by atoms with Crippen LogP contribution in [0.5, 0.6) is 0 Å². The van der Waals surface area contributed by atoms with Crippen molar-refractivity contribution in [3.8, 4) is 11.1 Å². The summed E-state index contributed by atoms with van der Waals surface area (Å²) in [5.41, 5.74) is 1.40. The van der Waals surface area contributed by atoms with Crippen molar-refractivity contribution in [1.82, 2.24) is 19.4 Å². The van der Waals surface area contributed by atoms with Gasteiger partial charge in [-0.3, -0.25) is 19.3 Å². The molecule has 1 aromatic heterocycles. The first-order valence-electron chi connectivity index (χ1n) is 17.9. The quantitative estimate of drug-likeness (QED) is 0.140. The topological polar surface area (TPSA) is 95.7 Å². The largest absolute Gasteiger partial charge is 0.480 e. The third-order valence-electron chi connectivity index (χ3n) is 10.5. The summed E-state index contributed by atoms with van der Waals surface area (Å²) < 4.78 is 56.1. The highest BCUT2D eigenvalue weighted by molar-refractivity contribution is 5.82. The van der Waals surface area contributed by atoms with E-state index in [1.807, 2.05) is 17.0 Å². The van der Waals surface area contributed by atoms with E-state index < -0.39 is 28.8 Å². The third kappa shape index (κ3) is 8.23. The van der Waals surface area contributed by atoms with Crippen LogP contribution in [0.15, 0.2) is 95.8 Å². The Morgan fingerprint density at radius 2 is 1.50 bits per heavy atom. The van der Waals surface area contributed by atoms with E-state index in [2.05, 4.69) is 4.98 Å². The molecule has 4 aromatic carbocycles. The Kier molecular flexibility index (Phi) is 11.0. The van der Waals surface area contributed by atoms with Crippen LogP contribution in [0.25, 0.3) is 22.0 Å². The van der Waals surface area contributed by atoms with Crippen molar-refractivity contribution in [2.24, 2.45) is 0 Å². The highest BCUT2D eigenvalue weighted by atomic mass is 19.4. The van der Waals surface area contributed by atoms with Gasteiger partial charge in [0.2, 0.25) is 5.91 Å². The first-order valence-corrected chi connectivity index (χ1v) is 17.9. The minimum Gasteiger partial charge on any atom is -0.480 e. The predicted molar refractivity (Wildman–Crippen MR) is 198 cm³/mol. The van der Waals surface area contributed by atoms with Gasteiger partial charge in [-0.05, 0) is 92.1 Å². The molecule has 2 heterocycles. The summed E-state index contributed by atoms with van der Waals surface area (Å²) in [6, 6.07) is 24.1. The second kappa shape index (κ2) is 15.5. The Bertz CT molecular complexity index is 2210. The van der Waals surface area contributed by atoms with Crippen LogP contribution < -0.4 is 5.56 Å². The lowest BCUT2D eigenvalue weighted by atomic mass is 9.95. The van der Waals surface area contributed by atoms with Crippen LogP contribution in [-0.2, 0) is 41.7 Å². The molecule has 1 saturated heterocycles. The van der Waals surface area contributed by atoms with Gasteiger partial charge in [0.1, 0.15) is 23.7 Å². The number of piperidine rings is 1. The number of carboxylic acid groups (broad SMARTS) is 1. The molecule has 8 nitrogen and oxygen atoms in total. The number of alkyl halides is 3. The zero-order valence-corrected chi connectivity index (χ0v) is 30.4. The molecule has 0 saturated carbocycles. The van der Waals surface area contributed by atoms with Gasteiger partial charge in [-0.1, -0.05) is 66.7 Å². The zero-order chi connectivity index (χ0) is 38.8. The summed E-state index contributed by atoms with van der Waals surface area (Å²) in [6.07, 6.45) is -2.92. The number of carboxylic acids is 1. The Morgan fingerprint density at radius 3 is 2.13 bits per heavy atom. The average Bonchev–Trinajstić information content (AvgIpc) is 3.15. The van der Waals surface area contributed by atoms with Crippen molar-refractivity contribution in [2.75, 3.05) is 13.1 Å². The number of carbonyl (C=O) groups is 2. The molecule has 1 aliphatic rings. The van der Waals surface area contributed by atoms with E-state index in [-0.39, 0.29) is 43.7 Å². The maximum Gasteiger partial charge on any atom is 0.416 e. The van der Waals surface area contributed by atoms with E-state index in [1.54, 1.807) is 84.8 Å². The van der Waals surface area contributed by atoms with E-state index >= 15 is 0 Å². The number of carbonyl (C=O) groups excluding carboxylic acids is 1. The van der Waals surface area contributed by atoms with Gasteiger partial charge in [-0.15, -0.1) is 0 Å². The van der Waals surface area contributed by atoms with Crippen molar-refractivity contribution >= 4 is 22.8 Å². The van der Waals surface area contributed by atoms with Crippen LogP contribution in [0.2, 0.25) is 0 Å². The lowest BCUT2D eigenvalue weighted by Gasteiger charge is -2.43. The van der Waals surface area contributed by atoms with Gasteiger partial charge in [0.05, 0.1) is 16.5 Å². The van der Waals surface area contributed by atoms with Crippen molar-refractivity contribution < 1.29 is 32.3 Å². The molecule has 54 heavy (non-hydrogen) atoms. The number of hydrogen-bond donors (Lipinski definition) is 1. The van der Waals surface area contributed by atoms with E-state index in [4.69, 9.17) is 0 Å². The normalized spacial score (nSPS) is 14.4. The van der Waals surface area contributed by atoms with Crippen molar-refractivity contribution in [2.45, 2.75) is 77.3 Å². The van der Waals surface area contributed by atoms with Gasteiger partial charge in [0.25, 0.3) is 5.56 Å². The highest BCUT2D eigenvalue weighted by Gasteiger charge is 2.38. The van der Waals surface area contributed by atoms with Gasteiger partial charge >= 0.3 is 12.1 Å². The summed E-state index contributed by atoms with van der Waals surface area (Å²) >= 11 is 0. The third-order valence-corrected chi connectivity index (χ3v) is 10.5. The van der Waals surface area contributed by atoms with E-state index in [1.165, 1.54) is 12.1 Å². The number of aliphatic carboxylic acids is 1. The van der Waals surface area contributed by atoms with Crippen LogP contribution in [0.3, 0.4) is 0 Å². The minimum atomic E-state index is -4.44. The first-order chi connectivity index (χ1) is 25.6. The van der Waals surface area contributed by atoms with E-state index in [9.17, 15) is 37.1 Å². The summed E-state index contributed by atoms with van der Waals surface area (Å²) in [5.74, 6) is -1.14. The molecule has 0 radical (unpaired) electrons. The van der Waals surface area contributed by atoms with Gasteiger partial charge in [-0.25, -0.2) is 4.39 Å². The summed E-state index contributed by atoms with van der Waals surface area (Å²) in [7, 11) is 0. The molecule has 0 spiro atoms. The maximum absolute atomic E-state index is 15.0. The average molecular weight is 743 g/mol. The summed E-state index contributed by atoms with van der Waals surface area (Å²) in [6.45, 7) is 5.99. The first kappa shape index (κ1) is 38.4. The number of aryl methyl sites for hydroxylation is 3. The smallest absolute Gasteiger partial charge is 0.416 e. The molecule has 0 atom stereocenters. The fraction of sp³-hybridized carbons (Fsp3) is 0.333. The number of halogens is 4. The number of hydrogen-bond acceptors (Lipinski definition) is 5. The van der Waals surface area contributed by atoms with Gasteiger partial charge in [-0.2, -0.15) is 18.2 Å². The number of benzene rings is 4. The zero-order valence-electron chi connectivity index (χ0n) is 30.4. The fourth-order valence-corrected chi connectivity index (χ4v) is 7.15. The van der Waals surface area contributed by atoms with Crippen LogP contribution in [-0.4, -0.2) is 61.0 Å². The second-order valence-corrected chi connectivity index (χ2v) is 14.4. The van der Waals surface area contributed by atoms with Crippen molar-refractivity contribution in [3.05, 3.63) is 135 Å².